The van der Waals surface area contributed by atoms with E-state index in [9.17, 15) is 0 Å². The zero-order valence-electron chi connectivity index (χ0n) is 11.3. The number of hydrogen-bond donors (Lipinski definition) is 1. The molecule has 0 spiro atoms. The Bertz CT molecular complexity index is 310. The number of nitrogen functional groups attached to an aromatic ring is 1. The van der Waals surface area contributed by atoms with Crippen molar-refractivity contribution in [3.8, 4) is 0 Å². The molecule has 0 aliphatic carbocycles. The number of hydrogen-bond acceptors (Lipinski definition) is 2. The smallest absolute Gasteiger partial charge is 0.0359 e. The van der Waals surface area contributed by atoms with Gasteiger partial charge >= 0.3 is 0 Å². The van der Waals surface area contributed by atoms with Gasteiger partial charge in [-0.1, -0.05) is 51.3 Å². The van der Waals surface area contributed by atoms with Gasteiger partial charge in [-0.15, -0.1) is 0 Å². The first-order valence-corrected chi connectivity index (χ1v) is 6.83. The third kappa shape index (κ3) is 5.22. The molecule has 0 saturated heterocycles. The second kappa shape index (κ2) is 8.13. The number of rotatable bonds is 8. The van der Waals surface area contributed by atoms with Crippen LogP contribution in [0.4, 0.5) is 5.69 Å². The van der Waals surface area contributed by atoms with E-state index in [1.807, 2.05) is 12.1 Å². The van der Waals surface area contributed by atoms with Crippen LogP contribution in [0.3, 0.4) is 0 Å². The van der Waals surface area contributed by atoms with Crippen LogP contribution in [0.2, 0.25) is 0 Å². The Hall–Kier alpha value is -1.02. The van der Waals surface area contributed by atoms with Gasteiger partial charge in [0.15, 0.2) is 0 Å². The Labute approximate surface area is 106 Å². The minimum absolute atomic E-state index is 0.916. The van der Waals surface area contributed by atoms with Crippen LogP contribution in [0.5, 0.6) is 0 Å². The molecule has 1 rings (SSSR count). The van der Waals surface area contributed by atoms with E-state index >= 15 is 0 Å². The molecule has 17 heavy (non-hydrogen) atoms. The maximum absolute atomic E-state index is 5.97. The van der Waals surface area contributed by atoms with Crippen LogP contribution in [0.1, 0.15) is 45.1 Å². The third-order valence-electron chi connectivity index (χ3n) is 3.22. The molecule has 2 nitrogen and oxygen atoms in total. The first-order chi connectivity index (χ1) is 8.27. The van der Waals surface area contributed by atoms with Crippen LogP contribution >= 0.6 is 0 Å². The van der Waals surface area contributed by atoms with Gasteiger partial charge in [0.25, 0.3) is 0 Å². The number of unbranched alkanes of at least 4 members (excludes halogenated alkanes) is 3. The second-order valence-electron chi connectivity index (χ2n) is 4.63. The lowest BCUT2D eigenvalue weighted by Crippen LogP contribution is -2.24. The molecule has 2 N–H and O–H groups in total. The van der Waals surface area contributed by atoms with Gasteiger partial charge in [-0.25, -0.2) is 0 Å². The van der Waals surface area contributed by atoms with Crippen LogP contribution in [0.25, 0.3) is 0 Å². The van der Waals surface area contributed by atoms with Gasteiger partial charge in [0.05, 0.1) is 0 Å². The molecule has 0 radical (unpaired) electrons. The SMILES string of the molecule is CCCCCCN(CC)Cc1ccccc1N. The lowest BCUT2D eigenvalue weighted by molar-refractivity contribution is 0.273. The number of anilines is 1. The molecular weight excluding hydrogens is 208 g/mol. The van der Waals surface area contributed by atoms with Crippen LogP contribution in [-0.4, -0.2) is 18.0 Å². The third-order valence-corrected chi connectivity index (χ3v) is 3.22. The van der Waals surface area contributed by atoms with Crippen LogP contribution < -0.4 is 5.73 Å². The lowest BCUT2D eigenvalue weighted by atomic mass is 10.1. The van der Waals surface area contributed by atoms with Crippen molar-refractivity contribution >= 4 is 5.69 Å². The highest BCUT2D eigenvalue weighted by atomic mass is 15.1. The fourth-order valence-electron chi connectivity index (χ4n) is 2.03. The molecule has 0 fully saturated rings. The minimum atomic E-state index is 0.916. The Morgan fingerprint density at radius 3 is 2.47 bits per heavy atom. The lowest BCUT2D eigenvalue weighted by Gasteiger charge is -2.21. The van der Waals surface area contributed by atoms with E-state index in [4.69, 9.17) is 5.73 Å². The van der Waals surface area contributed by atoms with Crippen molar-refractivity contribution in [3.05, 3.63) is 29.8 Å². The van der Waals surface area contributed by atoms with E-state index in [0.29, 0.717) is 0 Å². The van der Waals surface area contributed by atoms with Crippen molar-refractivity contribution in [3.63, 3.8) is 0 Å². The van der Waals surface area contributed by atoms with Crippen LogP contribution in [0, 0.1) is 0 Å². The average molecular weight is 234 g/mol. The fraction of sp³-hybridized carbons (Fsp3) is 0.600. The molecule has 0 atom stereocenters. The van der Waals surface area contributed by atoms with E-state index in [1.54, 1.807) is 0 Å². The summed E-state index contributed by atoms with van der Waals surface area (Å²) in [4.78, 5) is 2.47. The Balaban J connectivity index is 2.38. The van der Waals surface area contributed by atoms with E-state index in [2.05, 4.69) is 30.9 Å². The Morgan fingerprint density at radius 1 is 1.06 bits per heavy atom. The highest BCUT2D eigenvalue weighted by Crippen LogP contribution is 2.14. The Morgan fingerprint density at radius 2 is 1.82 bits per heavy atom. The standard InChI is InChI=1S/C15H26N2/c1-3-5-6-9-12-17(4-2)13-14-10-7-8-11-15(14)16/h7-8,10-11H,3-6,9,12-13,16H2,1-2H3. The number of nitrogens with two attached hydrogens (primary N) is 1. The van der Waals surface area contributed by atoms with Crippen molar-refractivity contribution in [2.45, 2.75) is 46.1 Å². The summed E-state index contributed by atoms with van der Waals surface area (Å²) >= 11 is 0. The van der Waals surface area contributed by atoms with Crippen molar-refractivity contribution < 1.29 is 0 Å². The summed E-state index contributed by atoms with van der Waals surface area (Å²) in [5, 5.41) is 0. The largest absolute Gasteiger partial charge is 0.398 e. The van der Waals surface area contributed by atoms with E-state index in [-0.39, 0.29) is 0 Å². The summed E-state index contributed by atoms with van der Waals surface area (Å²) in [6.07, 6.45) is 5.30. The summed E-state index contributed by atoms with van der Waals surface area (Å²) in [6, 6.07) is 8.18. The quantitative estimate of drug-likeness (QED) is 0.549. The molecule has 0 heterocycles. The monoisotopic (exact) mass is 234 g/mol. The molecule has 96 valence electrons. The van der Waals surface area contributed by atoms with Gasteiger partial charge in [0.1, 0.15) is 0 Å². The normalized spacial score (nSPS) is 11.0. The van der Waals surface area contributed by atoms with E-state index in [0.717, 1.165) is 18.8 Å². The fourth-order valence-corrected chi connectivity index (χ4v) is 2.03. The van der Waals surface area contributed by atoms with Crippen LogP contribution in [0.15, 0.2) is 24.3 Å². The summed E-state index contributed by atoms with van der Waals surface area (Å²) < 4.78 is 0. The number of para-hydroxylation sites is 1. The average Bonchev–Trinajstić information content (AvgIpc) is 2.35. The molecule has 0 unspecified atom stereocenters. The highest BCUT2D eigenvalue weighted by Gasteiger charge is 2.05. The molecule has 1 aromatic carbocycles. The van der Waals surface area contributed by atoms with Gasteiger partial charge in [-0.3, -0.25) is 4.90 Å². The maximum Gasteiger partial charge on any atom is 0.0359 e. The van der Waals surface area contributed by atoms with Crippen LogP contribution in [-0.2, 0) is 6.54 Å². The van der Waals surface area contributed by atoms with Crippen molar-refractivity contribution in [2.75, 3.05) is 18.8 Å². The first kappa shape index (κ1) is 14.0. The number of nitrogens with zero attached hydrogens (tertiary/aromatic N) is 1. The molecule has 0 aliphatic rings. The zero-order chi connectivity index (χ0) is 12.5. The summed E-state index contributed by atoms with van der Waals surface area (Å²) in [7, 11) is 0. The zero-order valence-corrected chi connectivity index (χ0v) is 11.3. The van der Waals surface area contributed by atoms with Gasteiger partial charge in [-0.05, 0) is 31.1 Å². The predicted octanol–water partition coefficient (Wildman–Crippen LogP) is 3.67. The molecule has 2 heteroatoms. The second-order valence-corrected chi connectivity index (χ2v) is 4.63. The molecule has 0 saturated carbocycles. The molecular formula is C15H26N2. The Kier molecular flexibility index (Phi) is 6.71. The summed E-state index contributed by atoms with van der Waals surface area (Å²) in [5.74, 6) is 0. The van der Waals surface area contributed by atoms with Crippen molar-refractivity contribution in [2.24, 2.45) is 0 Å². The highest BCUT2D eigenvalue weighted by molar-refractivity contribution is 5.46. The molecule has 0 aromatic heterocycles. The molecule has 0 bridgehead atoms. The van der Waals surface area contributed by atoms with Crippen molar-refractivity contribution in [1.29, 1.82) is 0 Å². The predicted molar refractivity (Wildman–Crippen MR) is 75.9 cm³/mol. The topological polar surface area (TPSA) is 29.3 Å². The van der Waals surface area contributed by atoms with Gasteiger partial charge in [-0.2, -0.15) is 0 Å². The first-order valence-electron chi connectivity index (χ1n) is 6.83. The minimum Gasteiger partial charge on any atom is -0.398 e. The summed E-state index contributed by atoms with van der Waals surface area (Å²) in [5.41, 5.74) is 8.14. The van der Waals surface area contributed by atoms with E-state index < -0.39 is 0 Å². The van der Waals surface area contributed by atoms with Crippen molar-refractivity contribution in [1.82, 2.24) is 4.90 Å². The van der Waals surface area contributed by atoms with Gasteiger partial charge < -0.3 is 5.73 Å². The van der Waals surface area contributed by atoms with E-state index in [1.165, 1.54) is 37.8 Å². The molecule has 1 aromatic rings. The van der Waals surface area contributed by atoms with Gasteiger partial charge in [0.2, 0.25) is 0 Å². The maximum atomic E-state index is 5.97. The summed E-state index contributed by atoms with van der Waals surface area (Å²) in [6.45, 7) is 7.74. The molecule has 0 aliphatic heterocycles. The van der Waals surface area contributed by atoms with Gasteiger partial charge in [0, 0.05) is 12.2 Å². The molecule has 0 amide bonds. The number of benzene rings is 1.